The number of nitrogens with one attached hydrogen (secondary N) is 1. The Balaban J connectivity index is 2.32. The molecule has 0 bridgehead atoms. The number of sulfonamides is 1. The minimum atomic E-state index is -3.30. The molecule has 0 aromatic heterocycles. The van der Waals surface area contributed by atoms with Crippen LogP contribution in [-0.4, -0.2) is 26.7 Å². The Kier molecular flexibility index (Phi) is 6.83. The van der Waals surface area contributed by atoms with E-state index < -0.39 is 10.0 Å². The van der Waals surface area contributed by atoms with Gasteiger partial charge in [-0.05, 0) is 30.5 Å². The maximum Gasteiger partial charge on any atom is 0.215 e. The van der Waals surface area contributed by atoms with Gasteiger partial charge in [-0.3, -0.25) is 0 Å². The number of unbranched alkanes of at least 4 members (excludes halogenated alkanes) is 3. The molecule has 0 fully saturated rings. The maximum atomic E-state index is 11.8. The Morgan fingerprint density at radius 2 is 1.89 bits per heavy atom. The van der Waals surface area contributed by atoms with Crippen LogP contribution in [0.1, 0.15) is 31.2 Å². The van der Waals surface area contributed by atoms with Crippen molar-refractivity contribution in [2.24, 2.45) is 0 Å². The summed E-state index contributed by atoms with van der Waals surface area (Å²) in [5.41, 5.74) is 6.86. The highest BCUT2D eigenvalue weighted by Crippen LogP contribution is 2.09. The van der Waals surface area contributed by atoms with Crippen LogP contribution < -0.4 is 10.5 Å². The molecule has 0 aliphatic rings. The average Bonchev–Trinajstić information content (AvgIpc) is 2.33. The summed E-state index contributed by atoms with van der Waals surface area (Å²) in [6.07, 6.45) is 3.40. The number of aliphatic hydroxyl groups excluding tert-OH is 1. The molecule has 0 amide bonds. The minimum Gasteiger partial charge on any atom is -0.399 e. The smallest absolute Gasteiger partial charge is 0.215 e. The fourth-order valence-corrected chi connectivity index (χ4v) is 2.95. The molecule has 0 aliphatic heterocycles. The van der Waals surface area contributed by atoms with E-state index in [4.69, 9.17) is 10.8 Å². The average molecular weight is 286 g/mol. The molecule has 108 valence electrons. The number of hydrogen-bond acceptors (Lipinski definition) is 4. The first-order chi connectivity index (χ1) is 9.03. The van der Waals surface area contributed by atoms with E-state index in [-0.39, 0.29) is 12.4 Å². The summed E-state index contributed by atoms with van der Waals surface area (Å²) >= 11 is 0. The fraction of sp³-hybridized carbons (Fsp3) is 0.538. The van der Waals surface area contributed by atoms with E-state index in [2.05, 4.69) is 4.72 Å². The maximum absolute atomic E-state index is 11.8. The molecule has 6 heteroatoms. The Morgan fingerprint density at radius 1 is 1.16 bits per heavy atom. The highest BCUT2D eigenvalue weighted by molar-refractivity contribution is 7.88. The molecule has 1 aromatic rings. The van der Waals surface area contributed by atoms with Gasteiger partial charge in [-0.25, -0.2) is 13.1 Å². The Hall–Kier alpha value is -1.11. The van der Waals surface area contributed by atoms with Gasteiger partial charge in [-0.1, -0.05) is 25.0 Å². The SMILES string of the molecule is Nc1cccc(CS(=O)(=O)NCCCCCCO)c1. The predicted molar refractivity (Wildman–Crippen MR) is 77.0 cm³/mol. The lowest BCUT2D eigenvalue weighted by atomic mass is 10.2. The molecule has 1 aromatic carbocycles. The van der Waals surface area contributed by atoms with Crippen LogP contribution in [0.25, 0.3) is 0 Å². The van der Waals surface area contributed by atoms with Gasteiger partial charge < -0.3 is 10.8 Å². The molecule has 5 nitrogen and oxygen atoms in total. The van der Waals surface area contributed by atoms with E-state index >= 15 is 0 Å². The van der Waals surface area contributed by atoms with Crippen molar-refractivity contribution in [1.29, 1.82) is 0 Å². The third-order valence-electron chi connectivity index (χ3n) is 2.71. The van der Waals surface area contributed by atoms with Crippen LogP contribution in [0.4, 0.5) is 5.69 Å². The number of anilines is 1. The second-order valence-corrected chi connectivity index (χ2v) is 6.34. The van der Waals surface area contributed by atoms with Crippen LogP contribution in [0.2, 0.25) is 0 Å². The molecule has 0 unspecified atom stereocenters. The molecule has 0 radical (unpaired) electrons. The molecule has 0 heterocycles. The molecule has 0 saturated heterocycles. The Bertz CT molecular complexity index is 475. The molecule has 0 aliphatic carbocycles. The van der Waals surface area contributed by atoms with Crippen LogP contribution in [0, 0.1) is 0 Å². The summed E-state index contributed by atoms with van der Waals surface area (Å²) < 4.78 is 26.2. The predicted octanol–water partition coefficient (Wildman–Crippen LogP) is 1.24. The monoisotopic (exact) mass is 286 g/mol. The molecule has 4 N–H and O–H groups in total. The van der Waals surface area contributed by atoms with E-state index in [1.165, 1.54) is 0 Å². The van der Waals surface area contributed by atoms with Crippen molar-refractivity contribution in [3.63, 3.8) is 0 Å². The van der Waals surface area contributed by atoms with Crippen LogP contribution >= 0.6 is 0 Å². The highest BCUT2D eigenvalue weighted by Gasteiger charge is 2.10. The zero-order valence-corrected chi connectivity index (χ0v) is 11.8. The summed E-state index contributed by atoms with van der Waals surface area (Å²) in [4.78, 5) is 0. The van der Waals surface area contributed by atoms with Gasteiger partial charge in [0, 0.05) is 18.8 Å². The molecular weight excluding hydrogens is 264 g/mol. The molecule has 0 spiro atoms. The van der Waals surface area contributed by atoms with Crippen molar-refractivity contribution in [2.75, 3.05) is 18.9 Å². The number of aliphatic hydroxyl groups is 1. The summed E-state index contributed by atoms with van der Waals surface area (Å²) in [6, 6.07) is 6.89. The van der Waals surface area contributed by atoms with Crippen LogP contribution in [0.5, 0.6) is 0 Å². The number of rotatable bonds is 9. The van der Waals surface area contributed by atoms with Crippen molar-refractivity contribution in [3.8, 4) is 0 Å². The van der Waals surface area contributed by atoms with Gasteiger partial charge in [0.25, 0.3) is 0 Å². The lowest BCUT2D eigenvalue weighted by Crippen LogP contribution is -2.26. The first-order valence-corrected chi connectivity index (χ1v) is 8.11. The van der Waals surface area contributed by atoms with Crippen molar-refractivity contribution >= 4 is 15.7 Å². The summed E-state index contributed by atoms with van der Waals surface area (Å²) in [5.74, 6) is -0.0469. The van der Waals surface area contributed by atoms with Crippen LogP contribution in [0.15, 0.2) is 24.3 Å². The van der Waals surface area contributed by atoms with Gasteiger partial charge in [0.05, 0.1) is 5.75 Å². The zero-order chi connectivity index (χ0) is 14.1. The molecule has 19 heavy (non-hydrogen) atoms. The molecule has 0 saturated carbocycles. The fourth-order valence-electron chi connectivity index (χ4n) is 1.77. The molecular formula is C13H22N2O3S. The van der Waals surface area contributed by atoms with E-state index in [0.29, 0.717) is 17.8 Å². The molecule has 0 atom stereocenters. The summed E-state index contributed by atoms with van der Waals surface area (Å²) in [5, 5.41) is 8.62. The van der Waals surface area contributed by atoms with Crippen molar-refractivity contribution in [2.45, 2.75) is 31.4 Å². The second-order valence-electron chi connectivity index (χ2n) is 4.54. The Labute approximate surface area is 114 Å². The first kappa shape index (κ1) is 15.9. The van der Waals surface area contributed by atoms with Gasteiger partial charge >= 0.3 is 0 Å². The van der Waals surface area contributed by atoms with Gasteiger partial charge in [0.15, 0.2) is 0 Å². The van der Waals surface area contributed by atoms with Crippen molar-refractivity contribution < 1.29 is 13.5 Å². The third-order valence-corrected chi connectivity index (χ3v) is 4.07. The standard InChI is InChI=1S/C13H22N2O3S/c14-13-7-5-6-12(10-13)11-19(17,18)15-8-3-1-2-4-9-16/h5-7,10,15-16H,1-4,8-9,11,14H2. The summed E-state index contributed by atoms with van der Waals surface area (Å²) in [6.45, 7) is 0.636. The highest BCUT2D eigenvalue weighted by atomic mass is 32.2. The zero-order valence-electron chi connectivity index (χ0n) is 11.0. The quantitative estimate of drug-likeness (QED) is 0.470. The van der Waals surface area contributed by atoms with Crippen molar-refractivity contribution in [3.05, 3.63) is 29.8 Å². The number of nitrogens with two attached hydrogens (primary N) is 1. The van der Waals surface area contributed by atoms with Gasteiger partial charge in [-0.2, -0.15) is 0 Å². The normalized spacial score (nSPS) is 11.6. The topological polar surface area (TPSA) is 92.4 Å². The lowest BCUT2D eigenvalue weighted by molar-refractivity contribution is 0.282. The summed E-state index contributed by atoms with van der Waals surface area (Å²) in [7, 11) is -3.30. The van der Waals surface area contributed by atoms with E-state index in [1.807, 2.05) is 0 Å². The van der Waals surface area contributed by atoms with Crippen LogP contribution in [-0.2, 0) is 15.8 Å². The van der Waals surface area contributed by atoms with E-state index in [0.717, 1.165) is 25.7 Å². The van der Waals surface area contributed by atoms with Crippen molar-refractivity contribution in [1.82, 2.24) is 4.72 Å². The van der Waals surface area contributed by atoms with Crippen LogP contribution in [0.3, 0.4) is 0 Å². The van der Waals surface area contributed by atoms with Gasteiger partial charge in [0.1, 0.15) is 0 Å². The molecule has 1 rings (SSSR count). The van der Waals surface area contributed by atoms with E-state index in [1.54, 1.807) is 24.3 Å². The van der Waals surface area contributed by atoms with Gasteiger partial charge in [-0.15, -0.1) is 0 Å². The number of benzene rings is 1. The number of hydrogen-bond donors (Lipinski definition) is 3. The van der Waals surface area contributed by atoms with Gasteiger partial charge in [0.2, 0.25) is 10.0 Å². The third kappa shape index (κ3) is 7.15. The lowest BCUT2D eigenvalue weighted by Gasteiger charge is -2.07. The Morgan fingerprint density at radius 3 is 2.58 bits per heavy atom. The first-order valence-electron chi connectivity index (χ1n) is 6.46. The van der Waals surface area contributed by atoms with E-state index in [9.17, 15) is 8.42 Å². The number of nitrogen functional groups attached to an aromatic ring is 1. The second kappa shape index (κ2) is 8.14. The largest absolute Gasteiger partial charge is 0.399 e. The minimum absolute atomic E-state index is 0.0469.